The minimum absolute atomic E-state index is 0.0114. The number of nitrogens with one attached hydrogen (secondary N) is 1. The first-order valence-electron chi connectivity index (χ1n) is 9.50. The van der Waals surface area contributed by atoms with Gasteiger partial charge in [0.05, 0.1) is 10.5 Å². The molecular weight excluding hydrogens is 390 g/mol. The Hall–Kier alpha value is -2.96. The molecule has 2 fully saturated rings. The van der Waals surface area contributed by atoms with E-state index in [0.29, 0.717) is 43.1 Å². The van der Waals surface area contributed by atoms with Crippen LogP contribution < -0.4 is 9.62 Å². The predicted octanol–water partition coefficient (Wildman–Crippen LogP) is 1.36. The van der Waals surface area contributed by atoms with Gasteiger partial charge in [0, 0.05) is 44.0 Å². The lowest BCUT2D eigenvalue weighted by atomic mass is 10.1. The number of benzene rings is 1. The van der Waals surface area contributed by atoms with E-state index in [4.69, 9.17) is 0 Å². The van der Waals surface area contributed by atoms with Crippen molar-refractivity contribution in [2.24, 2.45) is 0 Å². The van der Waals surface area contributed by atoms with Gasteiger partial charge in [0.1, 0.15) is 11.9 Å². The summed E-state index contributed by atoms with van der Waals surface area (Å²) in [6.07, 6.45) is 3.35. The Morgan fingerprint density at radius 1 is 1.14 bits per heavy atom. The summed E-state index contributed by atoms with van der Waals surface area (Å²) in [7, 11) is -3.60. The van der Waals surface area contributed by atoms with Crippen LogP contribution in [0.25, 0.3) is 0 Å². The third-order valence-corrected chi connectivity index (χ3v) is 6.58. The van der Waals surface area contributed by atoms with Crippen LogP contribution >= 0.6 is 0 Å². The third-order valence-electron chi connectivity index (χ3n) is 5.06. The van der Waals surface area contributed by atoms with Crippen molar-refractivity contribution in [3.63, 3.8) is 0 Å². The summed E-state index contributed by atoms with van der Waals surface area (Å²) in [4.78, 5) is 21.0. The molecule has 0 unspecified atom stereocenters. The molecule has 0 spiro atoms. The molecule has 1 aromatic carbocycles. The molecule has 150 valence electrons. The predicted molar refractivity (Wildman–Crippen MR) is 107 cm³/mol. The Morgan fingerprint density at radius 2 is 1.90 bits per heavy atom. The van der Waals surface area contributed by atoms with Gasteiger partial charge in [-0.25, -0.2) is 18.1 Å². The standard InChI is InChI=1S/C20H21N5O3S/c21-14-16-4-2-8-22-19(16)24-9-11-25(12-10-24)20(26)15-3-1-5-18(13-15)29(27,28)23-17-6-7-17/h1-5,8,13,17,23H,6-7,9-12H2. The summed E-state index contributed by atoms with van der Waals surface area (Å²) in [6, 6.07) is 11.8. The second-order valence-electron chi connectivity index (χ2n) is 7.19. The molecule has 0 radical (unpaired) electrons. The number of anilines is 1. The molecule has 2 heterocycles. The van der Waals surface area contributed by atoms with Crippen molar-refractivity contribution in [1.29, 1.82) is 5.26 Å². The fourth-order valence-corrected chi connectivity index (χ4v) is 4.68. The highest BCUT2D eigenvalue weighted by atomic mass is 32.2. The normalized spacial score (nSPS) is 17.1. The number of hydrogen-bond acceptors (Lipinski definition) is 6. The number of sulfonamides is 1. The maximum atomic E-state index is 12.9. The van der Waals surface area contributed by atoms with Gasteiger partial charge < -0.3 is 9.80 Å². The van der Waals surface area contributed by atoms with Gasteiger partial charge in [0.15, 0.2) is 0 Å². The van der Waals surface area contributed by atoms with E-state index in [1.807, 2.05) is 4.90 Å². The Balaban J connectivity index is 1.45. The van der Waals surface area contributed by atoms with E-state index in [1.54, 1.807) is 35.4 Å². The lowest BCUT2D eigenvalue weighted by molar-refractivity contribution is 0.0746. The number of aromatic nitrogens is 1. The minimum atomic E-state index is -3.60. The number of carbonyl (C=O) groups excluding carboxylic acids is 1. The summed E-state index contributed by atoms with van der Waals surface area (Å²) >= 11 is 0. The van der Waals surface area contributed by atoms with Crippen LogP contribution in [0.2, 0.25) is 0 Å². The zero-order valence-electron chi connectivity index (χ0n) is 15.8. The molecule has 4 rings (SSSR count). The maximum absolute atomic E-state index is 12.9. The highest BCUT2D eigenvalue weighted by Crippen LogP contribution is 2.23. The fraction of sp³-hybridized carbons (Fsp3) is 0.350. The van der Waals surface area contributed by atoms with Crippen molar-refractivity contribution in [2.45, 2.75) is 23.8 Å². The summed E-state index contributed by atoms with van der Waals surface area (Å²) < 4.78 is 27.5. The number of rotatable bonds is 5. The zero-order chi connectivity index (χ0) is 20.4. The van der Waals surface area contributed by atoms with Gasteiger partial charge in [-0.2, -0.15) is 5.26 Å². The second-order valence-corrected chi connectivity index (χ2v) is 8.90. The summed E-state index contributed by atoms with van der Waals surface area (Å²) in [5, 5.41) is 9.25. The highest BCUT2D eigenvalue weighted by molar-refractivity contribution is 7.89. The van der Waals surface area contributed by atoms with Crippen molar-refractivity contribution in [2.75, 3.05) is 31.1 Å². The average molecular weight is 411 g/mol. The number of piperazine rings is 1. The topological polar surface area (TPSA) is 106 Å². The monoisotopic (exact) mass is 411 g/mol. The number of carbonyl (C=O) groups is 1. The molecule has 1 aliphatic heterocycles. The van der Waals surface area contributed by atoms with E-state index in [-0.39, 0.29) is 16.8 Å². The lowest BCUT2D eigenvalue weighted by Gasteiger charge is -2.35. The van der Waals surface area contributed by atoms with E-state index < -0.39 is 10.0 Å². The lowest BCUT2D eigenvalue weighted by Crippen LogP contribution is -2.49. The number of hydrogen-bond donors (Lipinski definition) is 1. The summed E-state index contributed by atoms with van der Waals surface area (Å²) in [5.41, 5.74) is 0.862. The van der Waals surface area contributed by atoms with Crippen molar-refractivity contribution in [3.8, 4) is 6.07 Å². The molecular formula is C20H21N5O3S. The van der Waals surface area contributed by atoms with Gasteiger partial charge in [0.2, 0.25) is 10.0 Å². The molecule has 1 saturated carbocycles. The third kappa shape index (κ3) is 4.23. The summed E-state index contributed by atoms with van der Waals surface area (Å²) in [5.74, 6) is 0.427. The van der Waals surface area contributed by atoms with Crippen molar-refractivity contribution < 1.29 is 13.2 Å². The first kappa shape index (κ1) is 19.4. The molecule has 1 saturated heterocycles. The van der Waals surface area contributed by atoms with Gasteiger partial charge in [-0.15, -0.1) is 0 Å². The molecule has 1 aliphatic carbocycles. The van der Waals surface area contributed by atoms with Crippen LogP contribution in [0.5, 0.6) is 0 Å². The van der Waals surface area contributed by atoms with E-state index in [1.165, 1.54) is 12.1 Å². The fourth-order valence-electron chi connectivity index (χ4n) is 3.33. The molecule has 29 heavy (non-hydrogen) atoms. The second kappa shape index (κ2) is 7.81. The molecule has 2 aromatic rings. The zero-order valence-corrected chi connectivity index (χ0v) is 16.6. The Kier molecular flexibility index (Phi) is 5.22. The Bertz CT molecular complexity index is 1070. The van der Waals surface area contributed by atoms with Crippen molar-refractivity contribution >= 4 is 21.7 Å². The number of nitrogens with zero attached hydrogens (tertiary/aromatic N) is 4. The van der Waals surface area contributed by atoms with Crippen LogP contribution in [0, 0.1) is 11.3 Å². The van der Waals surface area contributed by atoms with Crippen LogP contribution in [0.15, 0.2) is 47.5 Å². The quantitative estimate of drug-likeness (QED) is 0.796. The molecule has 8 nitrogen and oxygen atoms in total. The molecule has 9 heteroatoms. The number of nitriles is 1. The number of amides is 1. The van der Waals surface area contributed by atoms with E-state index >= 15 is 0 Å². The van der Waals surface area contributed by atoms with Crippen LogP contribution in [-0.4, -0.2) is 56.4 Å². The van der Waals surface area contributed by atoms with E-state index in [9.17, 15) is 18.5 Å². The van der Waals surface area contributed by atoms with Gasteiger partial charge in [-0.3, -0.25) is 4.79 Å². The molecule has 1 aromatic heterocycles. The molecule has 0 atom stereocenters. The van der Waals surface area contributed by atoms with Gasteiger partial charge in [0.25, 0.3) is 5.91 Å². The largest absolute Gasteiger partial charge is 0.352 e. The number of pyridine rings is 1. The molecule has 1 amide bonds. The van der Waals surface area contributed by atoms with Gasteiger partial charge in [-0.1, -0.05) is 6.07 Å². The minimum Gasteiger partial charge on any atom is -0.352 e. The molecule has 0 bridgehead atoms. The maximum Gasteiger partial charge on any atom is 0.254 e. The van der Waals surface area contributed by atoms with E-state index in [2.05, 4.69) is 15.8 Å². The molecule has 1 N–H and O–H groups in total. The molecule has 2 aliphatic rings. The first-order chi connectivity index (χ1) is 14.0. The average Bonchev–Trinajstić information content (AvgIpc) is 3.57. The Labute approximate surface area is 169 Å². The highest BCUT2D eigenvalue weighted by Gasteiger charge is 2.29. The van der Waals surface area contributed by atoms with Crippen LogP contribution in [-0.2, 0) is 10.0 Å². The van der Waals surface area contributed by atoms with Crippen LogP contribution in [0.1, 0.15) is 28.8 Å². The van der Waals surface area contributed by atoms with Crippen molar-refractivity contribution in [3.05, 3.63) is 53.7 Å². The Morgan fingerprint density at radius 3 is 2.59 bits per heavy atom. The van der Waals surface area contributed by atoms with Gasteiger partial charge >= 0.3 is 0 Å². The summed E-state index contributed by atoms with van der Waals surface area (Å²) in [6.45, 7) is 2.05. The van der Waals surface area contributed by atoms with Crippen LogP contribution in [0.4, 0.5) is 5.82 Å². The SMILES string of the molecule is N#Cc1cccnc1N1CCN(C(=O)c2cccc(S(=O)(=O)NC3CC3)c2)CC1. The van der Waals surface area contributed by atoms with Crippen LogP contribution in [0.3, 0.4) is 0 Å². The first-order valence-corrected chi connectivity index (χ1v) is 11.0. The van der Waals surface area contributed by atoms with Gasteiger partial charge in [-0.05, 0) is 43.2 Å². The van der Waals surface area contributed by atoms with E-state index in [0.717, 1.165) is 12.8 Å². The smallest absolute Gasteiger partial charge is 0.254 e. The van der Waals surface area contributed by atoms with Crippen molar-refractivity contribution in [1.82, 2.24) is 14.6 Å².